The summed E-state index contributed by atoms with van der Waals surface area (Å²) >= 11 is 0. The highest BCUT2D eigenvalue weighted by atomic mass is 16.3. The van der Waals surface area contributed by atoms with Crippen LogP contribution in [0.4, 0.5) is 0 Å². The van der Waals surface area contributed by atoms with Gasteiger partial charge in [-0.2, -0.15) is 0 Å². The zero-order valence-corrected chi connectivity index (χ0v) is 8.30. The Morgan fingerprint density at radius 2 is 2.31 bits per heavy atom. The van der Waals surface area contributed by atoms with E-state index in [4.69, 9.17) is 0 Å². The monoisotopic (exact) mass is 184 g/mol. The molecule has 0 aliphatic rings. The molecular weight excluding hydrogens is 168 g/mol. The minimum Gasteiger partial charge on any atom is -0.387 e. The first kappa shape index (κ1) is 10.1. The van der Waals surface area contributed by atoms with Crippen LogP contribution in [-0.2, 0) is 7.05 Å². The minimum absolute atomic E-state index is 0.470. The molecule has 0 aliphatic heterocycles. The predicted octanol–water partition coefficient (Wildman–Crippen LogP) is -0.200. The van der Waals surface area contributed by atoms with Gasteiger partial charge in [0.05, 0.1) is 18.0 Å². The number of aryl methyl sites for hydroxylation is 1. The predicted molar refractivity (Wildman–Crippen MR) is 49.1 cm³/mol. The van der Waals surface area contributed by atoms with Crippen LogP contribution in [-0.4, -0.2) is 45.6 Å². The summed E-state index contributed by atoms with van der Waals surface area (Å²) in [5, 5.41) is 17.2. The number of aromatic nitrogens is 3. The lowest BCUT2D eigenvalue weighted by molar-refractivity contribution is 0.145. The molecule has 1 atom stereocenters. The molecule has 1 aromatic rings. The zero-order valence-electron chi connectivity index (χ0n) is 8.30. The van der Waals surface area contributed by atoms with Crippen LogP contribution in [0, 0.1) is 0 Å². The number of hydrogen-bond donors (Lipinski definition) is 1. The molecule has 1 N–H and O–H groups in total. The molecule has 0 fully saturated rings. The fourth-order valence-corrected chi connectivity index (χ4v) is 1.13. The summed E-state index contributed by atoms with van der Waals surface area (Å²) in [4.78, 5) is 2.03. The molecule has 0 aliphatic carbocycles. The van der Waals surface area contributed by atoms with Gasteiger partial charge in [0, 0.05) is 13.6 Å². The van der Waals surface area contributed by atoms with E-state index < -0.39 is 6.10 Å². The third-order valence-electron chi connectivity index (χ3n) is 1.94. The summed E-state index contributed by atoms with van der Waals surface area (Å²) in [6, 6.07) is 0. The summed E-state index contributed by atoms with van der Waals surface area (Å²) in [6.07, 6.45) is 1.83. The van der Waals surface area contributed by atoms with Crippen LogP contribution in [0.5, 0.6) is 0 Å². The van der Waals surface area contributed by atoms with Crippen molar-refractivity contribution in [1.82, 2.24) is 19.9 Å². The molecule has 1 aromatic heterocycles. The maximum Gasteiger partial charge on any atom is 0.0985 e. The molecule has 0 spiro atoms. The molecule has 0 amide bonds. The van der Waals surface area contributed by atoms with Crippen molar-refractivity contribution in [2.45, 2.75) is 12.5 Å². The second-order valence-corrected chi connectivity index (χ2v) is 3.39. The molecule has 74 valence electrons. The summed E-state index contributed by atoms with van der Waals surface area (Å²) in [6.45, 7) is 0.854. The third-order valence-corrected chi connectivity index (χ3v) is 1.94. The van der Waals surface area contributed by atoms with Crippen LogP contribution in [0.15, 0.2) is 6.20 Å². The van der Waals surface area contributed by atoms with Crippen molar-refractivity contribution in [2.24, 2.45) is 7.05 Å². The van der Waals surface area contributed by atoms with Crippen molar-refractivity contribution in [3.8, 4) is 0 Å². The number of hydrogen-bond acceptors (Lipinski definition) is 4. The Labute approximate surface area is 78.0 Å². The van der Waals surface area contributed by atoms with Gasteiger partial charge in [0.15, 0.2) is 0 Å². The molecule has 13 heavy (non-hydrogen) atoms. The molecule has 0 bridgehead atoms. The number of nitrogens with zero attached hydrogens (tertiary/aromatic N) is 4. The lowest BCUT2D eigenvalue weighted by Gasteiger charge is -2.13. The average molecular weight is 184 g/mol. The standard InChI is InChI=1S/C8H16N4O/c1-11(2)5-4-8(13)7-6-9-10-12(7)3/h6,8,13H,4-5H2,1-3H3. The van der Waals surface area contributed by atoms with Gasteiger partial charge in [0.1, 0.15) is 0 Å². The van der Waals surface area contributed by atoms with E-state index in [0.29, 0.717) is 6.42 Å². The summed E-state index contributed by atoms with van der Waals surface area (Å²) in [7, 11) is 5.74. The fourth-order valence-electron chi connectivity index (χ4n) is 1.13. The quantitative estimate of drug-likeness (QED) is 0.704. The molecular formula is C8H16N4O. The Kier molecular flexibility index (Phi) is 3.39. The van der Waals surface area contributed by atoms with Crippen molar-refractivity contribution < 1.29 is 5.11 Å². The van der Waals surface area contributed by atoms with Crippen molar-refractivity contribution in [1.29, 1.82) is 0 Å². The van der Waals surface area contributed by atoms with Crippen LogP contribution in [0.25, 0.3) is 0 Å². The fraction of sp³-hybridized carbons (Fsp3) is 0.750. The molecule has 1 unspecified atom stereocenters. The van der Waals surface area contributed by atoms with Gasteiger partial charge in [0.2, 0.25) is 0 Å². The van der Waals surface area contributed by atoms with Gasteiger partial charge in [0.25, 0.3) is 0 Å². The van der Waals surface area contributed by atoms with Crippen LogP contribution in [0.1, 0.15) is 18.2 Å². The second-order valence-electron chi connectivity index (χ2n) is 3.39. The van der Waals surface area contributed by atoms with Gasteiger partial charge in [-0.3, -0.25) is 0 Å². The molecule has 1 heterocycles. The summed E-state index contributed by atoms with van der Waals surface area (Å²) in [5.41, 5.74) is 0.766. The SMILES string of the molecule is CN(C)CCC(O)c1cnnn1C. The van der Waals surface area contributed by atoms with Gasteiger partial charge in [-0.05, 0) is 20.5 Å². The Balaban J connectivity index is 2.49. The van der Waals surface area contributed by atoms with Crippen LogP contribution in [0.2, 0.25) is 0 Å². The van der Waals surface area contributed by atoms with Crippen molar-refractivity contribution >= 4 is 0 Å². The van der Waals surface area contributed by atoms with Gasteiger partial charge < -0.3 is 10.0 Å². The number of rotatable bonds is 4. The smallest absolute Gasteiger partial charge is 0.0985 e. The van der Waals surface area contributed by atoms with E-state index in [1.165, 1.54) is 0 Å². The number of aliphatic hydroxyl groups is 1. The highest BCUT2D eigenvalue weighted by Gasteiger charge is 2.11. The van der Waals surface area contributed by atoms with Gasteiger partial charge in [-0.15, -0.1) is 5.10 Å². The van der Waals surface area contributed by atoms with E-state index in [1.54, 1.807) is 17.9 Å². The van der Waals surface area contributed by atoms with Crippen molar-refractivity contribution in [2.75, 3.05) is 20.6 Å². The molecule has 0 saturated carbocycles. The van der Waals surface area contributed by atoms with E-state index in [9.17, 15) is 5.11 Å². The van der Waals surface area contributed by atoms with Gasteiger partial charge in [-0.1, -0.05) is 5.21 Å². The van der Waals surface area contributed by atoms with Crippen LogP contribution in [0.3, 0.4) is 0 Å². The second kappa shape index (κ2) is 4.34. The average Bonchev–Trinajstić information content (AvgIpc) is 2.47. The lowest BCUT2D eigenvalue weighted by atomic mass is 10.2. The minimum atomic E-state index is -0.470. The normalized spacial score (nSPS) is 13.6. The topological polar surface area (TPSA) is 54.2 Å². The molecule has 0 saturated heterocycles. The molecule has 0 radical (unpaired) electrons. The highest BCUT2D eigenvalue weighted by molar-refractivity contribution is 4.97. The van der Waals surface area contributed by atoms with E-state index in [2.05, 4.69) is 10.3 Å². The third kappa shape index (κ3) is 2.78. The van der Waals surface area contributed by atoms with E-state index in [-0.39, 0.29) is 0 Å². The van der Waals surface area contributed by atoms with E-state index in [0.717, 1.165) is 12.2 Å². The first-order chi connectivity index (χ1) is 6.11. The van der Waals surface area contributed by atoms with E-state index in [1.807, 2.05) is 19.0 Å². The molecule has 5 nitrogen and oxygen atoms in total. The van der Waals surface area contributed by atoms with Crippen molar-refractivity contribution in [3.05, 3.63) is 11.9 Å². The highest BCUT2D eigenvalue weighted by Crippen LogP contribution is 2.13. The molecule has 5 heteroatoms. The lowest BCUT2D eigenvalue weighted by Crippen LogP contribution is -2.17. The Morgan fingerprint density at radius 1 is 1.62 bits per heavy atom. The van der Waals surface area contributed by atoms with Crippen molar-refractivity contribution in [3.63, 3.8) is 0 Å². The zero-order chi connectivity index (χ0) is 9.84. The van der Waals surface area contributed by atoms with E-state index >= 15 is 0 Å². The largest absolute Gasteiger partial charge is 0.387 e. The summed E-state index contributed by atoms with van der Waals surface area (Å²) in [5.74, 6) is 0. The molecule has 0 aromatic carbocycles. The van der Waals surface area contributed by atoms with Gasteiger partial charge >= 0.3 is 0 Å². The maximum atomic E-state index is 9.71. The van der Waals surface area contributed by atoms with Gasteiger partial charge in [-0.25, -0.2) is 4.68 Å². The molecule has 1 rings (SSSR count). The summed E-state index contributed by atoms with van der Waals surface area (Å²) < 4.78 is 1.60. The first-order valence-electron chi connectivity index (χ1n) is 4.28. The maximum absolute atomic E-state index is 9.71. The first-order valence-corrected chi connectivity index (χ1v) is 4.28. The Bertz CT molecular complexity index is 258. The Hall–Kier alpha value is -0.940. The van der Waals surface area contributed by atoms with Crippen LogP contribution < -0.4 is 0 Å². The number of aliphatic hydroxyl groups excluding tert-OH is 1. The van der Waals surface area contributed by atoms with Crippen LogP contribution >= 0.6 is 0 Å². The Morgan fingerprint density at radius 3 is 2.77 bits per heavy atom.